The molecule has 0 saturated heterocycles. The third-order valence-corrected chi connectivity index (χ3v) is 2.93. The molecule has 17 heavy (non-hydrogen) atoms. The zero-order chi connectivity index (χ0) is 12.1. The van der Waals surface area contributed by atoms with Crippen LogP contribution in [0.15, 0.2) is 35.7 Å². The molecule has 0 bridgehead atoms. The SMILES string of the molecule is CCOc1ccccc1Oc1csc(C=O)c1. The molecule has 3 nitrogen and oxygen atoms in total. The molecular weight excluding hydrogens is 236 g/mol. The molecule has 0 aliphatic carbocycles. The molecule has 0 saturated carbocycles. The highest BCUT2D eigenvalue weighted by molar-refractivity contribution is 7.11. The third-order valence-electron chi connectivity index (χ3n) is 2.09. The Morgan fingerprint density at radius 2 is 2.06 bits per heavy atom. The van der Waals surface area contributed by atoms with Crippen molar-refractivity contribution in [2.75, 3.05) is 6.61 Å². The van der Waals surface area contributed by atoms with Crippen LogP contribution in [0.4, 0.5) is 0 Å². The molecule has 0 N–H and O–H groups in total. The number of ether oxygens (including phenoxy) is 2. The first-order valence-corrected chi connectivity index (χ1v) is 6.15. The predicted octanol–water partition coefficient (Wildman–Crippen LogP) is 3.75. The zero-order valence-electron chi connectivity index (χ0n) is 9.38. The Bertz CT molecular complexity index is 505. The van der Waals surface area contributed by atoms with E-state index in [0.29, 0.717) is 28.7 Å². The van der Waals surface area contributed by atoms with E-state index < -0.39 is 0 Å². The minimum absolute atomic E-state index is 0.587. The second-order valence-electron chi connectivity index (χ2n) is 3.28. The smallest absolute Gasteiger partial charge is 0.169 e. The van der Waals surface area contributed by atoms with Gasteiger partial charge in [0.2, 0.25) is 0 Å². The highest BCUT2D eigenvalue weighted by atomic mass is 32.1. The first-order valence-electron chi connectivity index (χ1n) is 5.27. The molecular formula is C13H12O3S. The van der Waals surface area contributed by atoms with Crippen molar-refractivity contribution in [1.82, 2.24) is 0 Å². The van der Waals surface area contributed by atoms with E-state index in [1.807, 2.05) is 31.2 Å². The lowest BCUT2D eigenvalue weighted by molar-refractivity contribution is 0.112. The van der Waals surface area contributed by atoms with Gasteiger partial charge in [-0.15, -0.1) is 11.3 Å². The van der Waals surface area contributed by atoms with Crippen LogP contribution in [0.3, 0.4) is 0 Å². The van der Waals surface area contributed by atoms with Gasteiger partial charge in [-0.1, -0.05) is 12.1 Å². The summed E-state index contributed by atoms with van der Waals surface area (Å²) in [6.45, 7) is 2.51. The van der Waals surface area contributed by atoms with Gasteiger partial charge in [-0.05, 0) is 19.1 Å². The van der Waals surface area contributed by atoms with Crippen molar-refractivity contribution in [3.8, 4) is 17.2 Å². The summed E-state index contributed by atoms with van der Waals surface area (Å²) < 4.78 is 11.1. The van der Waals surface area contributed by atoms with Gasteiger partial charge in [-0.2, -0.15) is 0 Å². The molecule has 88 valence electrons. The van der Waals surface area contributed by atoms with Gasteiger partial charge in [0.25, 0.3) is 0 Å². The number of carbonyl (C=O) groups is 1. The summed E-state index contributed by atoms with van der Waals surface area (Å²) in [6.07, 6.45) is 0.811. The van der Waals surface area contributed by atoms with Crippen LogP contribution in [0.25, 0.3) is 0 Å². The molecule has 2 rings (SSSR count). The first-order chi connectivity index (χ1) is 8.33. The summed E-state index contributed by atoms with van der Waals surface area (Å²) in [7, 11) is 0. The predicted molar refractivity (Wildman–Crippen MR) is 67.4 cm³/mol. The van der Waals surface area contributed by atoms with Crippen molar-refractivity contribution in [2.24, 2.45) is 0 Å². The van der Waals surface area contributed by atoms with Gasteiger partial charge < -0.3 is 9.47 Å². The van der Waals surface area contributed by atoms with Crippen molar-refractivity contribution in [3.63, 3.8) is 0 Å². The van der Waals surface area contributed by atoms with Crippen LogP contribution in [-0.4, -0.2) is 12.9 Å². The normalized spacial score (nSPS) is 9.94. The van der Waals surface area contributed by atoms with E-state index in [-0.39, 0.29) is 0 Å². The minimum atomic E-state index is 0.587. The molecule has 0 amide bonds. The van der Waals surface area contributed by atoms with Gasteiger partial charge in [0.15, 0.2) is 17.8 Å². The maximum absolute atomic E-state index is 10.6. The molecule has 0 aliphatic rings. The highest BCUT2D eigenvalue weighted by Crippen LogP contribution is 2.32. The monoisotopic (exact) mass is 248 g/mol. The van der Waals surface area contributed by atoms with Crippen LogP contribution in [0.2, 0.25) is 0 Å². The summed E-state index contributed by atoms with van der Waals surface area (Å²) in [5.74, 6) is 2.02. The van der Waals surface area contributed by atoms with Crippen LogP contribution in [-0.2, 0) is 0 Å². The molecule has 0 fully saturated rings. The van der Waals surface area contributed by atoms with E-state index in [1.54, 1.807) is 11.4 Å². The van der Waals surface area contributed by atoms with Gasteiger partial charge in [0.1, 0.15) is 5.75 Å². The number of hydrogen-bond donors (Lipinski definition) is 0. The molecule has 0 unspecified atom stereocenters. The van der Waals surface area contributed by atoms with Crippen molar-refractivity contribution in [1.29, 1.82) is 0 Å². The van der Waals surface area contributed by atoms with Crippen LogP contribution >= 0.6 is 11.3 Å². The Labute approximate surface area is 104 Å². The molecule has 0 aliphatic heterocycles. The number of thiophene rings is 1. The van der Waals surface area contributed by atoms with Crippen LogP contribution in [0, 0.1) is 0 Å². The fourth-order valence-corrected chi connectivity index (χ4v) is 1.99. The molecule has 0 atom stereocenters. The second-order valence-corrected chi connectivity index (χ2v) is 4.23. The van der Waals surface area contributed by atoms with Crippen molar-refractivity contribution in [3.05, 3.63) is 40.6 Å². The zero-order valence-corrected chi connectivity index (χ0v) is 10.2. The van der Waals surface area contributed by atoms with E-state index in [1.165, 1.54) is 11.3 Å². The van der Waals surface area contributed by atoms with Crippen molar-refractivity contribution >= 4 is 17.6 Å². The maximum atomic E-state index is 10.6. The topological polar surface area (TPSA) is 35.5 Å². The standard InChI is InChI=1S/C13H12O3S/c1-2-15-12-5-3-4-6-13(12)16-10-7-11(8-14)17-9-10/h3-9H,2H2,1H3. The maximum Gasteiger partial charge on any atom is 0.169 e. The quantitative estimate of drug-likeness (QED) is 0.756. The number of carbonyl (C=O) groups excluding carboxylic acids is 1. The average molecular weight is 248 g/mol. The molecule has 1 heterocycles. The molecule has 2 aromatic rings. The summed E-state index contributed by atoms with van der Waals surface area (Å²) in [4.78, 5) is 11.2. The lowest BCUT2D eigenvalue weighted by Gasteiger charge is -2.09. The second kappa shape index (κ2) is 5.50. The molecule has 0 spiro atoms. The van der Waals surface area contributed by atoms with E-state index >= 15 is 0 Å². The lowest BCUT2D eigenvalue weighted by Crippen LogP contribution is -1.94. The Kier molecular flexibility index (Phi) is 3.77. The van der Waals surface area contributed by atoms with E-state index in [4.69, 9.17) is 9.47 Å². The van der Waals surface area contributed by atoms with Crippen molar-refractivity contribution < 1.29 is 14.3 Å². The van der Waals surface area contributed by atoms with Gasteiger partial charge in [-0.25, -0.2) is 0 Å². The lowest BCUT2D eigenvalue weighted by atomic mass is 10.3. The largest absolute Gasteiger partial charge is 0.490 e. The summed E-state index contributed by atoms with van der Waals surface area (Å²) in [6, 6.07) is 9.17. The van der Waals surface area contributed by atoms with Gasteiger partial charge >= 0.3 is 0 Å². The molecule has 4 heteroatoms. The fraction of sp³-hybridized carbons (Fsp3) is 0.154. The van der Waals surface area contributed by atoms with Crippen LogP contribution in [0.5, 0.6) is 17.2 Å². The minimum Gasteiger partial charge on any atom is -0.490 e. The number of para-hydroxylation sites is 2. The Morgan fingerprint density at radius 1 is 1.29 bits per heavy atom. The Hall–Kier alpha value is -1.81. The Morgan fingerprint density at radius 3 is 2.71 bits per heavy atom. The van der Waals surface area contributed by atoms with Crippen molar-refractivity contribution in [2.45, 2.75) is 6.92 Å². The van der Waals surface area contributed by atoms with Crippen LogP contribution in [0.1, 0.15) is 16.6 Å². The summed E-state index contributed by atoms with van der Waals surface area (Å²) >= 11 is 1.35. The fourth-order valence-electron chi connectivity index (χ4n) is 1.39. The number of benzene rings is 1. The van der Waals surface area contributed by atoms with E-state index in [2.05, 4.69) is 0 Å². The average Bonchev–Trinajstić information content (AvgIpc) is 2.80. The Balaban J connectivity index is 2.19. The molecule has 0 radical (unpaired) electrons. The summed E-state index contributed by atoms with van der Waals surface area (Å²) in [5.41, 5.74) is 0. The number of hydrogen-bond acceptors (Lipinski definition) is 4. The first kappa shape index (κ1) is 11.7. The van der Waals surface area contributed by atoms with Crippen LogP contribution < -0.4 is 9.47 Å². The van der Waals surface area contributed by atoms with E-state index in [0.717, 1.165) is 6.29 Å². The number of aldehydes is 1. The molecule has 1 aromatic heterocycles. The van der Waals surface area contributed by atoms with E-state index in [9.17, 15) is 4.79 Å². The van der Waals surface area contributed by atoms with Gasteiger partial charge in [-0.3, -0.25) is 4.79 Å². The molecule has 1 aromatic carbocycles. The number of rotatable bonds is 5. The third kappa shape index (κ3) is 2.85. The summed E-state index contributed by atoms with van der Waals surface area (Å²) in [5, 5.41) is 1.80. The van der Waals surface area contributed by atoms with Gasteiger partial charge in [0.05, 0.1) is 11.5 Å². The highest BCUT2D eigenvalue weighted by Gasteiger charge is 2.06. The van der Waals surface area contributed by atoms with Gasteiger partial charge in [0, 0.05) is 11.4 Å².